The van der Waals surface area contributed by atoms with Crippen LogP contribution in [0.4, 0.5) is 5.69 Å². The highest BCUT2D eigenvalue weighted by Gasteiger charge is 2.38. The normalized spacial score (nSPS) is 21.2. The number of nitrogens with zero attached hydrogens (tertiary/aromatic N) is 4. The highest BCUT2D eigenvalue weighted by molar-refractivity contribution is 7.98. The van der Waals surface area contributed by atoms with E-state index in [-0.39, 0.29) is 11.9 Å². The molecule has 32 heavy (non-hydrogen) atoms. The highest BCUT2D eigenvalue weighted by atomic mass is 32.2. The van der Waals surface area contributed by atoms with Gasteiger partial charge < -0.3 is 14.9 Å². The van der Waals surface area contributed by atoms with Gasteiger partial charge in [0.05, 0.1) is 40.6 Å². The maximum atomic E-state index is 13.7. The summed E-state index contributed by atoms with van der Waals surface area (Å²) in [5.74, 6) is -0.00583. The van der Waals surface area contributed by atoms with Gasteiger partial charge in [0.2, 0.25) is 0 Å². The average molecular weight is 449 g/mol. The molecule has 1 aliphatic heterocycles. The monoisotopic (exact) mass is 448 g/mol. The number of hydrogen-bond donors (Lipinski definition) is 1. The number of aliphatic hydroxyl groups excluding tert-OH is 1. The number of rotatable bonds is 4. The molecule has 1 saturated carbocycles. The SMILES string of the molecule is CSc1ccc(Cc2cc3c(c4ncccc24)N(C)CN([C@H]2CCCC[C@@H]2O)C3=O)cn1. The number of anilines is 1. The zero-order valence-corrected chi connectivity index (χ0v) is 19.3. The third-order valence-corrected chi connectivity index (χ3v) is 7.34. The highest BCUT2D eigenvalue weighted by Crippen LogP contribution is 2.38. The van der Waals surface area contributed by atoms with Gasteiger partial charge in [0.25, 0.3) is 5.91 Å². The van der Waals surface area contributed by atoms with E-state index in [0.29, 0.717) is 18.7 Å². The molecule has 0 radical (unpaired) electrons. The number of benzene rings is 1. The minimum Gasteiger partial charge on any atom is -0.391 e. The number of carbonyl (C=O) groups excluding carboxylic acids is 1. The molecule has 0 saturated heterocycles. The molecule has 0 unspecified atom stereocenters. The zero-order chi connectivity index (χ0) is 22.2. The van der Waals surface area contributed by atoms with Gasteiger partial charge in [-0.05, 0) is 54.8 Å². The van der Waals surface area contributed by atoms with Gasteiger partial charge in [0.1, 0.15) is 0 Å². The Morgan fingerprint density at radius 3 is 2.78 bits per heavy atom. The van der Waals surface area contributed by atoms with E-state index in [0.717, 1.165) is 58.4 Å². The summed E-state index contributed by atoms with van der Waals surface area (Å²) in [5, 5.41) is 12.7. The van der Waals surface area contributed by atoms with Crippen molar-refractivity contribution in [2.45, 2.75) is 49.3 Å². The molecule has 6 nitrogen and oxygen atoms in total. The minimum absolute atomic E-state index is 0.00583. The molecule has 1 aliphatic carbocycles. The van der Waals surface area contributed by atoms with Crippen molar-refractivity contribution in [1.82, 2.24) is 14.9 Å². The summed E-state index contributed by atoms with van der Waals surface area (Å²) in [6, 6.07) is 10.1. The van der Waals surface area contributed by atoms with Crippen molar-refractivity contribution in [1.29, 1.82) is 0 Å². The van der Waals surface area contributed by atoms with Crippen LogP contribution in [0.15, 0.2) is 47.8 Å². The lowest BCUT2D eigenvalue weighted by molar-refractivity contribution is 0.0167. The summed E-state index contributed by atoms with van der Waals surface area (Å²) >= 11 is 1.62. The van der Waals surface area contributed by atoms with Crippen LogP contribution >= 0.6 is 11.8 Å². The summed E-state index contributed by atoms with van der Waals surface area (Å²) in [7, 11) is 2.01. The summed E-state index contributed by atoms with van der Waals surface area (Å²) in [4.78, 5) is 26.8. The Bertz CT molecular complexity index is 1150. The van der Waals surface area contributed by atoms with E-state index in [4.69, 9.17) is 0 Å². The van der Waals surface area contributed by atoms with Crippen molar-refractivity contribution in [2.24, 2.45) is 0 Å². The zero-order valence-electron chi connectivity index (χ0n) is 18.5. The van der Waals surface area contributed by atoms with E-state index in [9.17, 15) is 9.90 Å². The van der Waals surface area contributed by atoms with Gasteiger partial charge in [0.15, 0.2) is 0 Å². The standard InChI is InChI=1S/C25H28N4O2S/c1-28-15-29(20-7-3-4-8-21(20)30)25(31)19-13-17(12-16-9-10-22(32-2)27-14-16)18-6-5-11-26-23(18)24(19)28/h5-6,9-11,13-14,20-21,30H,3-4,7-8,12,15H2,1-2H3/t20-,21-/m0/s1. The summed E-state index contributed by atoms with van der Waals surface area (Å²) in [5.41, 5.74) is 4.58. The number of carbonyl (C=O) groups is 1. The number of aliphatic hydroxyl groups is 1. The Hall–Kier alpha value is -2.64. The summed E-state index contributed by atoms with van der Waals surface area (Å²) in [6.45, 7) is 0.471. The molecule has 1 amide bonds. The van der Waals surface area contributed by atoms with Crippen LogP contribution in [-0.2, 0) is 6.42 Å². The lowest BCUT2D eigenvalue weighted by Gasteiger charge is -2.43. The second-order valence-corrected chi connectivity index (χ2v) is 9.58. The van der Waals surface area contributed by atoms with E-state index in [1.807, 2.05) is 42.6 Å². The molecule has 3 aromatic rings. The van der Waals surface area contributed by atoms with Crippen LogP contribution < -0.4 is 4.90 Å². The van der Waals surface area contributed by atoms with Crippen molar-refractivity contribution in [2.75, 3.05) is 24.9 Å². The van der Waals surface area contributed by atoms with Crippen LogP contribution in [0, 0.1) is 0 Å². The molecule has 2 aromatic heterocycles. The Kier molecular flexibility index (Phi) is 5.78. The van der Waals surface area contributed by atoms with Crippen molar-refractivity contribution in [3.8, 4) is 0 Å². The topological polar surface area (TPSA) is 69.6 Å². The molecule has 0 spiro atoms. The first-order valence-corrected chi connectivity index (χ1v) is 12.4. The number of fused-ring (bicyclic) bond motifs is 3. The quantitative estimate of drug-likeness (QED) is 0.606. The van der Waals surface area contributed by atoms with Gasteiger partial charge in [-0.2, -0.15) is 0 Å². The van der Waals surface area contributed by atoms with Gasteiger partial charge in [-0.3, -0.25) is 9.78 Å². The van der Waals surface area contributed by atoms with E-state index in [1.165, 1.54) is 0 Å². The van der Waals surface area contributed by atoms with Gasteiger partial charge in [-0.1, -0.05) is 25.0 Å². The van der Waals surface area contributed by atoms with Crippen molar-refractivity contribution in [3.63, 3.8) is 0 Å². The Balaban J connectivity index is 1.58. The predicted octanol–water partition coefficient (Wildman–Crippen LogP) is 4.10. The Morgan fingerprint density at radius 1 is 1.19 bits per heavy atom. The summed E-state index contributed by atoms with van der Waals surface area (Å²) < 4.78 is 0. The number of thioether (sulfide) groups is 1. The molecule has 2 atom stereocenters. The van der Waals surface area contributed by atoms with Crippen LogP contribution in [0.25, 0.3) is 10.9 Å². The predicted molar refractivity (Wildman–Crippen MR) is 128 cm³/mol. The van der Waals surface area contributed by atoms with Crippen LogP contribution in [0.3, 0.4) is 0 Å². The lowest BCUT2D eigenvalue weighted by Crippen LogP contribution is -2.55. The first kappa shape index (κ1) is 21.2. The van der Waals surface area contributed by atoms with Crippen molar-refractivity contribution < 1.29 is 9.90 Å². The molecule has 3 heterocycles. The van der Waals surface area contributed by atoms with E-state index in [1.54, 1.807) is 18.0 Å². The van der Waals surface area contributed by atoms with E-state index >= 15 is 0 Å². The molecular formula is C25H28N4O2S. The molecule has 166 valence electrons. The number of amides is 1. The molecule has 1 fully saturated rings. The maximum Gasteiger partial charge on any atom is 0.257 e. The fourth-order valence-electron chi connectivity index (χ4n) is 5.08. The molecule has 7 heteroatoms. The fourth-order valence-corrected chi connectivity index (χ4v) is 5.44. The van der Waals surface area contributed by atoms with Gasteiger partial charge >= 0.3 is 0 Å². The molecular weight excluding hydrogens is 420 g/mol. The van der Waals surface area contributed by atoms with E-state index < -0.39 is 6.10 Å². The number of pyridine rings is 2. The average Bonchev–Trinajstić information content (AvgIpc) is 2.82. The second-order valence-electron chi connectivity index (χ2n) is 8.75. The van der Waals surface area contributed by atoms with Crippen molar-refractivity contribution >= 4 is 34.3 Å². The molecule has 0 bridgehead atoms. The lowest BCUT2D eigenvalue weighted by atomic mass is 9.89. The Labute approximate surface area is 192 Å². The minimum atomic E-state index is -0.457. The molecule has 2 aliphatic rings. The largest absolute Gasteiger partial charge is 0.391 e. The van der Waals surface area contributed by atoms with E-state index in [2.05, 4.69) is 27.0 Å². The third kappa shape index (κ3) is 3.73. The van der Waals surface area contributed by atoms with Crippen LogP contribution in [-0.4, -0.2) is 58.0 Å². The third-order valence-electron chi connectivity index (χ3n) is 6.68. The smallest absolute Gasteiger partial charge is 0.257 e. The summed E-state index contributed by atoms with van der Waals surface area (Å²) in [6.07, 6.45) is 9.61. The van der Waals surface area contributed by atoms with Crippen LogP contribution in [0.1, 0.15) is 47.2 Å². The molecule has 1 aromatic carbocycles. The number of aromatic nitrogens is 2. The van der Waals surface area contributed by atoms with Crippen LogP contribution in [0.2, 0.25) is 0 Å². The molecule has 1 N–H and O–H groups in total. The fraction of sp³-hybridized carbons (Fsp3) is 0.400. The maximum absolute atomic E-state index is 13.7. The van der Waals surface area contributed by atoms with Gasteiger partial charge in [0, 0.05) is 24.8 Å². The van der Waals surface area contributed by atoms with Crippen molar-refractivity contribution in [3.05, 3.63) is 59.4 Å². The first-order chi connectivity index (χ1) is 15.6. The Morgan fingerprint density at radius 2 is 2.03 bits per heavy atom. The second kappa shape index (κ2) is 8.71. The van der Waals surface area contributed by atoms with Crippen LogP contribution in [0.5, 0.6) is 0 Å². The number of hydrogen-bond acceptors (Lipinski definition) is 6. The first-order valence-electron chi connectivity index (χ1n) is 11.2. The van der Waals surface area contributed by atoms with Gasteiger partial charge in [-0.15, -0.1) is 11.8 Å². The van der Waals surface area contributed by atoms with Gasteiger partial charge in [-0.25, -0.2) is 4.98 Å². The molecule has 5 rings (SSSR count).